The molecule has 6 rings (SSSR count). The first-order valence-electron chi connectivity index (χ1n) is 17.7. The Morgan fingerprint density at radius 1 is 1.10 bits per heavy atom. The summed E-state index contributed by atoms with van der Waals surface area (Å²) >= 11 is 6.15. The van der Waals surface area contributed by atoms with E-state index < -0.39 is 32.0 Å². The van der Waals surface area contributed by atoms with E-state index in [0.29, 0.717) is 44.3 Å². The van der Waals surface area contributed by atoms with E-state index in [1.165, 1.54) is 31.5 Å². The smallest absolute Gasteiger partial charge is 0.341 e. The molecule has 1 saturated heterocycles. The van der Waals surface area contributed by atoms with Crippen molar-refractivity contribution in [3.05, 3.63) is 88.7 Å². The number of hydrogen-bond acceptors (Lipinski definition) is 6. The fourth-order valence-corrected chi connectivity index (χ4v) is 5.38. The number of aromatic amines is 1. The van der Waals surface area contributed by atoms with Crippen LogP contribution >= 0.6 is 11.6 Å². The summed E-state index contributed by atoms with van der Waals surface area (Å²) in [6, 6.07) is 14.3. The summed E-state index contributed by atoms with van der Waals surface area (Å²) in [7, 11) is 1.17. The van der Waals surface area contributed by atoms with Crippen LogP contribution in [0, 0.1) is 5.41 Å². The molecule has 7 nitrogen and oxygen atoms in total. The van der Waals surface area contributed by atoms with Crippen LogP contribution in [0.15, 0.2) is 72.6 Å². The summed E-state index contributed by atoms with van der Waals surface area (Å²) < 4.78 is 84.0. The number of esters is 1. The van der Waals surface area contributed by atoms with E-state index in [1.54, 1.807) is 30.5 Å². The van der Waals surface area contributed by atoms with Crippen molar-refractivity contribution in [2.75, 3.05) is 44.5 Å². The Bertz CT molecular complexity index is 1950. The molecule has 4 aromatic rings. The van der Waals surface area contributed by atoms with Crippen LogP contribution in [0.4, 0.5) is 5.69 Å². The van der Waals surface area contributed by atoms with Crippen LogP contribution in [0.1, 0.15) is 60.0 Å². The molecule has 1 aliphatic carbocycles. The first-order valence-corrected chi connectivity index (χ1v) is 14.1. The van der Waals surface area contributed by atoms with Crippen molar-refractivity contribution in [2.45, 2.75) is 33.1 Å². The molecular weight excluding hydrogens is 548 g/mol. The van der Waals surface area contributed by atoms with Crippen LogP contribution in [0.2, 0.25) is 5.02 Å². The van der Waals surface area contributed by atoms with Gasteiger partial charge in [0.05, 0.1) is 18.8 Å². The number of aromatic nitrogens is 2. The van der Waals surface area contributed by atoms with Crippen molar-refractivity contribution >= 4 is 39.9 Å². The maximum absolute atomic E-state index is 12.7. The van der Waals surface area contributed by atoms with Crippen LogP contribution in [0.25, 0.3) is 16.6 Å². The fourth-order valence-electron chi connectivity index (χ4n) is 5.26. The predicted molar refractivity (Wildman–Crippen MR) is 169 cm³/mol. The fraction of sp³-hybridized carbons (Fsp3) is 0.353. The molecule has 1 fully saturated rings. The van der Waals surface area contributed by atoms with Gasteiger partial charge >= 0.3 is 5.97 Å². The summed E-state index contributed by atoms with van der Waals surface area (Å²) in [5, 5.41) is 1.25. The highest BCUT2D eigenvalue weighted by atomic mass is 35.5. The average molecular weight is 593 g/mol. The lowest BCUT2D eigenvalue weighted by Gasteiger charge is -2.39. The Balaban J connectivity index is 1.43. The SMILES string of the molecule is [2H]C1([2H])N(CC2=C(c3ccc(Cl)cc3)CC(C)(C)CC2)C([2H])([2H])C([2H])([2H])N(c2ccc(C(=O)OC)c(Oc3cnc4[nH]ccc4c3)c2)C1([2H])[2H]. The second kappa shape index (κ2) is 11.8. The van der Waals surface area contributed by atoms with E-state index in [0.717, 1.165) is 17.6 Å². The number of nitrogens with zero attached hydrogens (tertiary/aromatic N) is 3. The number of H-pyrrole nitrogens is 1. The standard InChI is InChI=1S/C34H37ClN4O3/c1-34(2)12-10-25(30(20-34)23-4-6-26(35)7-5-23)22-38-14-16-39(17-15-38)27-8-9-29(33(40)41-3)31(19-27)42-28-18-24-11-13-36-32(24)37-21-28/h4-9,11,13,18-19,21H,10,12,14-17,20,22H2,1-3H3,(H,36,37)/i14D2,15D2,16D2,17D2. The largest absolute Gasteiger partial charge is 0.465 e. The average Bonchev–Trinajstić information content (AvgIpc) is 3.51. The first-order chi connectivity index (χ1) is 23.3. The van der Waals surface area contributed by atoms with Crippen molar-refractivity contribution in [3.63, 3.8) is 0 Å². The van der Waals surface area contributed by atoms with Gasteiger partial charge in [-0.1, -0.05) is 43.2 Å². The molecule has 0 saturated carbocycles. The van der Waals surface area contributed by atoms with Crippen molar-refractivity contribution in [2.24, 2.45) is 5.41 Å². The molecule has 3 heterocycles. The molecule has 0 atom stereocenters. The Kier molecular flexibility index (Phi) is 5.67. The number of pyridine rings is 1. The van der Waals surface area contributed by atoms with Gasteiger partial charge in [0.1, 0.15) is 22.7 Å². The maximum Gasteiger partial charge on any atom is 0.341 e. The topological polar surface area (TPSA) is 70.7 Å². The van der Waals surface area contributed by atoms with Gasteiger partial charge in [0, 0.05) is 66.4 Å². The third-order valence-corrected chi connectivity index (χ3v) is 7.80. The van der Waals surface area contributed by atoms with Crippen LogP contribution in [0.3, 0.4) is 0 Å². The van der Waals surface area contributed by atoms with Gasteiger partial charge in [-0.3, -0.25) is 4.90 Å². The van der Waals surface area contributed by atoms with Crippen molar-refractivity contribution in [1.82, 2.24) is 14.9 Å². The number of halogens is 1. The van der Waals surface area contributed by atoms with Gasteiger partial charge in [-0.05, 0) is 72.2 Å². The highest BCUT2D eigenvalue weighted by Gasteiger charge is 2.29. The molecule has 8 heteroatoms. The molecule has 0 bridgehead atoms. The number of allylic oxidation sites excluding steroid dienone is 1. The molecule has 1 aliphatic heterocycles. The van der Waals surface area contributed by atoms with Crippen LogP contribution < -0.4 is 9.64 Å². The number of methoxy groups -OCH3 is 1. The molecule has 2 aliphatic rings. The highest BCUT2D eigenvalue weighted by molar-refractivity contribution is 6.30. The minimum absolute atomic E-state index is 0.0712. The third-order valence-electron chi connectivity index (χ3n) is 7.55. The number of ether oxygens (including phenoxy) is 2. The maximum atomic E-state index is 12.7. The van der Waals surface area contributed by atoms with Crippen LogP contribution in [-0.2, 0) is 4.74 Å². The lowest BCUT2D eigenvalue weighted by molar-refractivity contribution is 0.0598. The second-order valence-electron chi connectivity index (χ2n) is 11.2. The summed E-state index contributed by atoms with van der Waals surface area (Å²) in [5.41, 5.74) is 2.58. The monoisotopic (exact) mass is 592 g/mol. The zero-order valence-electron chi connectivity index (χ0n) is 31.6. The zero-order chi connectivity index (χ0) is 36.4. The number of carbonyl (C=O) groups excluding carboxylic acids is 1. The van der Waals surface area contributed by atoms with Crippen molar-refractivity contribution < 1.29 is 25.2 Å². The molecule has 0 unspecified atom stereocenters. The highest BCUT2D eigenvalue weighted by Crippen LogP contribution is 2.43. The predicted octanol–water partition coefficient (Wildman–Crippen LogP) is 7.58. The molecule has 218 valence electrons. The van der Waals surface area contributed by atoms with Crippen molar-refractivity contribution in [1.29, 1.82) is 0 Å². The zero-order valence-corrected chi connectivity index (χ0v) is 24.4. The Morgan fingerprint density at radius 3 is 2.64 bits per heavy atom. The Morgan fingerprint density at radius 2 is 1.88 bits per heavy atom. The molecule has 0 amide bonds. The van der Waals surface area contributed by atoms with E-state index in [2.05, 4.69) is 23.8 Å². The number of benzene rings is 2. The van der Waals surface area contributed by atoms with Gasteiger partial charge in [0.2, 0.25) is 0 Å². The lowest BCUT2D eigenvalue weighted by Crippen LogP contribution is -2.47. The molecule has 0 spiro atoms. The van der Waals surface area contributed by atoms with Gasteiger partial charge in [0.15, 0.2) is 0 Å². The number of fused-ring (bicyclic) bond motifs is 1. The van der Waals surface area contributed by atoms with Crippen LogP contribution in [-0.4, -0.2) is 60.5 Å². The van der Waals surface area contributed by atoms with Gasteiger partial charge < -0.3 is 19.4 Å². The number of hydrogen-bond donors (Lipinski definition) is 1. The molecule has 2 aromatic carbocycles. The molecule has 0 radical (unpaired) electrons. The van der Waals surface area contributed by atoms with E-state index in [4.69, 9.17) is 32.0 Å². The number of rotatable bonds is 7. The second-order valence-corrected chi connectivity index (χ2v) is 11.6. The van der Waals surface area contributed by atoms with E-state index in [9.17, 15) is 4.79 Å². The summed E-state index contributed by atoms with van der Waals surface area (Å²) in [5.74, 6) is -0.728. The Labute approximate surface area is 263 Å². The number of carbonyl (C=O) groups is 1. The third kappa shape index (κ3) is 6.18. The van der Waals surface area contributed by atoms with Crippen LogP contribution in [0.5, 0.6) is 11.5 Å². The number of piperazine rings is 1. The minimum Gasteiger partial charge on any atom is -0.465 e. The lowest BCUT2D eigenvalue weighted by atomic mass is 9.72. The van der Waals surface area contributed by atoms with Gasteiger partial charge in [-0.2, -0.15) is 0 Å². The van der Waals surface area contributed by atoms with Gasteiger partial charge in [-0.15, -0.1) is 0 Å². The molecular formula is C34H37ClN4O3. The van der Waals surface area contributed by atoms with E-state index in [-0.39, 0.29) is 34.7 Å². The minimum atomic E-state index is -3.15. The quantitative estimate of drug-likeness (QED) is 0.223. The van der Waals surface area contributed by atoms with Crippen molar-refractivity contribution in [3.8, 4) is 11.5 Å². The van der Waals surface area contributed by atoms with Gasteiger partial charge in [-0.25, -0.2) is 9.78 Å². The first kappa shape index (κ1) is 20.2. The normalized spacial score (nSPS) is 25.1. The summed E-state index contributed by atoms with van der Waals surface area (Å²) in [6.45, 7) is -8.55. The summed E-state index contributed by atoms with van der Waals surface area (Å²) in [6.07, 6.45) is 4.92. The summed E-state index contributed by atoms with van der Waals surface area (Å²) in [4.78, 5) is 21.1. The molecule has 42 heavy (non-hydrogen) atoms. The Hall–Kier alpha value is -3.81. The number of anilines is 1. The van der Waals surface area contributed by atoms with E-state index in [1.807, 2.05) is 12.1 Å². The molecule has 1 N–H and O–H groups in total. The number of nitrogens with one attached hydrogen (secondary N) is 1. The molecule has 2 aromatic heterocycles. The van der Waals surface area contributed by atoms with E-state index >= 15 is 0 Å². The van der Waals surface area contributed by atoms with Gasteiger partial charge in [0.25, 0.3) is 0 Å².